The van der Waals surface area contributed by atoms with Crippen LogP contribution < -0.4 is 19.7 Å². The van der Waals surface area contributed by atoms with Crippen molar-refractivity contribution in [2.24, 2.45) is 5.92 Å². The number of methoxy groups -OCH3 is 2. The highest BCUT2D eigenvalue weighted by Gasteiger charge is 2.36. The van der Waals surface area contributed by atoms with Crippen LogP contribution in [0.5, 0.6) is 11.5 Å². The molecule has 2 amide bonds. The molecular weight excluding hydrogens is 380 g/mol. The minimum Gasteiger partial charge on any atom is -0.493 e. The van der Waals surface area contributed by atoms with E-state index in [0.717, 1.165) is 5.56 Å². The fraction of sp³-hybridized carbons (Fsp3) is 0.333. The molecule has 148 valence electrons. The number of halogens is 1. The van der Waals surface area contributed by atoms with Crippen LogP contribution in [0, 0.1) is 5.92 Å². The lowest BCUT2D eigenvalue weighted by Gasteiger charge is -2.20. The van der Waals surface area contributed by atoms with Gasteiger partial charge in [0.05, 0.1) is 36.9 Å². The summed E-state index contributed by atoms with van der Waals surface area (Å²) in [5.41, 5.74) is 1.52. The molecule has 3 rings (SSSR count). The Labute approximate surface area is 169 Å². The Kier molecular flexibility index (Phi) is 6.09. The highest BCUT2D eigenvalue weighted by molar-refractivity contribution is 6.33. The largest absolute Gasteiger partial charge is 0.493 e. The second-order valence-electron chi connectivity index (χ2n) is 6.70. The molecule has 6 nitrogen and oxygen atoms in total. The number of benzene rings is 2. The first kappa shape index (κ1) is 20.0. The number of hydrogen-bond donors (Lipinski definition) is 1. The summed E-state index contributed by atoms with van der Waals surface area (Å²) in [5, 5.41) is 3.48. The Morgan fingerprint density at radius 3 is 2.57 bits per heavy atom. The number of carbonyl (C=O) groups is 2. The van der Waals surface area contributed by atoms with Crippen LogP contribution in [0.2, 0.25) is 5.02 Å². The third kappa shape index (κ3) is 4.07. The minimum atomic E-state index is -0.425. The molecule has 7 heteroatoms. The monoisotopic (exact) mass is 402 g/mol. The van der Waals surface area contributed by atoms with E-state index in [1.54, 1.807) is 43.4 Å². The Balaban J connectivity index is 1.68. The fourth-order valence-corrected chi connectivity index (χ4v) is 3.56. The Hall–Kier alpha value is -2.73. The third-order valence-electron chi connectivity index (χ3n) is 4.91. The van der Waals surface area contributed by atoms with Gasteiger partial charge in [-0.25, -0.2) is 0 Å². The zero-order chi connectivity index (χ0) is 20.3. The van der Waals surface area contributed by atoms with E-state index < -0.39 is 5.92 Å². The summed E-state index contributed by atoms with van der Waals surface area (Å²) in [6.45, 7) is 2.20. The molecule has 0 aromatic heterocycles. The van der Waals surface area contributed by atoms with E-state index >= 15 is 0 Å². The fourth-order valence-electron chi connectivity index (χ4n) is 3.32. The van der Waals surface area contributed by atoms with Crippen molar-refractivity contribution in [3.05, 3.63) is 53.1 Å². The van der Waals surface area contributed by atoms with Gasteiger partial charge in [0.2, 0.25) is 11.8 Å². The molecule has 2 aromatic carbocycles. The van der Waals surface area contributed by atoms with Crippen LogP contribution in [0.25, 0.3) is 0 Å². The number of rotatable bonds is 6. The number of nitrogens with zero attached hydrogens (tertiary/aromatic N) is 1. The molecule has 0 aliphatic carbocycles. The molecule has 0 saturated carbocycles. The Morgan fingerprint density at radius 1 is 1.18 bits per heavy atom. The lowest BCUT2D eigenvalue weighted by molar-refractivity contribution is -0.126. The van der Waals surface area contributed by atoms with Gasteiger partial charge in [0.25, 0.3) is 0 Å². The molecule has 2 aromatic rings. The van der Waals surface area contributed by atoms with Gasteiger partial charge >= 0.3 is 0 Å². The van der Waals surface area contributed by atoms with Crippen LogP contribution in [-0.2, 0) is 9.59 Å². The summed E-state index contributed by atoms with van der Waals surface area (Å²) in [6, 6.07) is 12.4. The maximum absolute atomic E-state index is 12.7. The standard InChI is InChI=1S/C21H23ClN2O4/c1-13(14-8-9-18(27-2)19(10-14)28-3)23-21(26)15-11-20(25)24(12-15)17-7-5-4-6-16(17)22/h4-10,13,15H,11-12H2,1-3H3,(H,23,26). The summed E-state index contributed by atoms with van der Waals surface area (Å²) in [5.74, 6) is 0.534. The molecule has 1 fully saturated rings. The smallest absolute Gasteiger partial charge is 0.227 e. The molecule has 28 heavy (non-hydrogen) atoms. The number of carbonyl (C=O) groups excluding carboxylic acids is 2. The van der Waals surface area contributed by atoms with Gasteiger partial charge in [-0.05, 0) is 36.8 Å². The van der Waals surface area contributed by atoms with Crippen molar-refractivity contribution in [3.63, 3.8) is 0 Å². The highest BCUT2D eigenvalue weighted by atomic mass is 35.5. The van der Waals surface area contributed by atoms with Gasteiger partial charge in [-0.15, -0.1) is 0 Å². The predicted octanol–water partition coefficient (Wildman–Crippen LogP) is 3.59. The quantitative estimate of drug-likeness (QED) is 0.801. The van der Waals surface area contributed by atoms with Crippen molar-refractivity contribution in [1.29, 1.82) is 0 Å². The summed E-state index contributed by atoms with van der Waals surface area (Å²) in [6.07, 6.45) is 0.162. The number of para-hydroxylation sites is 1. The van der Waals surface area contributed by atoms with Gasteiger partial charge in [0.1, 0.15) is 0 Å². The van der Waals surface area contributed by atoms with Crippen LogP contribution in [0.1, 0.15) is 24.9 Å². The van der Waals surface area contributed by atoms with E-state index in [-0.39, 0.29) is 24.3 Å². The Bertz CT molecular complexity index is 886. The number of hydrogen-bond acceptors (Lipinski definition) is 4. The topological polar surface area (TPSA) is 67.9 Å². The molecule has 1 aliphatic heterocycles. The molecule has 1 heterocycles. The first-order valence-corrected chi connectivity index (χ1v) is 9.39. The molecule has 0 radical (unpaired) electrons. The SMILES string of the molecule is COc1ccc(C(C)NC(=O)C2CC(=O)N(c3ccccc3Cl)C2)cc1OC. The summed E-state index contributed by atoms with van der Waals surface area (Å²) in [4.78, 5) is 26.7. The molecular formula is C21H23ClN2O4. The van der Waals surface area contributed by atoms with Gasteiger partial charge in [-0.2, -0.15) is 0 Å². The number of anilines is 1. The second-order valence-corrected chi connectivity index (χ2v) is 7.11. The normalized spacial score (nSPS) is 17.4. The number of ether oxygens (including phenoxy) is 2. The van der Waals surface area contributed by atoms with Gasteiger partial charge < -0.3 is 19.7 Å². The highest BCUT2D eigenvalue weighted by Crippen LogP contribution is 2.32. The van der Waals surface area contributed by atoms with Crippen molar-refractivity contribution in [3.8, 4) is 11.5 Å². The van der Waals surface area contributed by atoms with Crippen LogP contribution >= 0.6 is 11.6 Å². The summed E-state index contributed by atoms with van der Waals surface area (Å²) in [7, 11) is 3.14. The molecule has 1 saturated heterocycles. The third-order valence-corrected chi connectivity index (χ3v) is 5.23. The van der Waals surface area contributed by atoms with Gasteiger partial charge in [0, 0.05) is 13.0 Å². The second kappa shape index (κ2) is 8.52. The molecule has 0 bridgehead atoms. The van der Waals surface area contributed by atoms with Gasteiger partial charge in [-0.3, -0.25) is 9.59 Å². The van der Waals surface area contributed by atoms with E-state index in [0.29, 0.717) is 28.8 Å². The lowest BCUT2D eigenvalue weighted by atomic mass is 10.0. The van der Waals surface area contributed by atoms with E-state index in [1.807, 2.05) is 25.1 Å². The summed E-state index contributed by atoms with van der Waals surface area (Å²) >= 11 is 6.20. The number of nitrogens with one attached hydrogen (secondary N) is 1. The van der Waals surface area contributed by atoms with Gasteiger partial charge in [-0.1, -0.05) is 29.8 Å². The molecule has 1 N–H and O–H groups in total. The van der Waals surface area contributed by atoms with E-state index in [2.05, 4.69) is 5.32 Å². The van der Waals surface area contributed by atoms with Crippen molar-refractivity contribution >= 4 is 29.1 Å². The zero-order valence-electron chi connectivity index (χ0n) is 16.1. The van der Waals surface area contributed by atoms with E-state index in [1.165, 1.54) is 0 Å². The zero-order valence-corrected chi connectivity index (χ0v) is 16.8. The van der Waals surface area contributed by atoms with Crippen LogP contribution in [-0.4, -0.2) is 32.6 Å². The first-order chi connectivity index (χ1) is 13.4. The first-order valence-electron chi connectivity index (χ1n) is 9.01. The van der Waals surface area contributed by atoms with Crippen molar-refractivity contribution in [2.45, 2.75) is 19.4 Å². The molecule has 1 aliphatic rings. The van der Waals surface area contributed by atoms with Crippen molar-refractivity contribution in [1.82, 2.24) is 5.32 Å². The average Bonchev–Trinajstić information content (AvgIpc) is 3.09. The summed E-state index contributed by atoms with van der Waals surface area (Å²) < 4.78 is 10.6. The molecule has 2 unspecified atom stereocenters. The lowest BCUT2D eigenvalue weighted by Crippen LogP contribution is -2.34. The number of amides is 2. The van der Waals surface area contributed by atoms with Crippen LogP contribution in [0.15, 0.2) is 42.5 Å². The van der Waals surface area contributed by atoms with Crippen LogP contribution in [0.3, 0.4) is 0 Å². The molecule has 2 atom stereocenters. The van der Waals surface area contributed by atoms with Gasteiger partial charge in [0.15, 0.2) is 11.5 Å². The average molecular weight is 403 g/mol. The molecule has 0 spiro atoms. The van der Waals surface area contributed by atoms with Crippen molar-refractivity contribution in [2.75, 3.05) is 25.7 Å². The van der Waals surface area contributed by atoms with E-state index in [4.69, 9.17) is 21.1 Å². The maximum atomic E-state index is 12.7. The minimum absolute atomic E-state index is 0.105. The predicted molar refractivity (Wildman–Crippen MR) is 108 cm³/mol. The Morgan fingerprint density at radius 2 is 1.89 bits per heavy atom. The maximum Gasteiger partial charge on any atom is 0.227 e. The van der Waals surface area contributed by atoms with E-state index in [9.17, 15) is 9.59 Å². The van der Waals surface area contributed by atoms with Crippen LogP contribution in [0.4, 0.5) is 5.69 Å². The van der Waals surface area contributed by atoms with Crippen molar-refractivity contribution < 1.29 is 19.1 Å².